The van der Waals surface area contributed by atoms with Gasteiger partial charge >= 0.3 is 0 Å². The van der Waals surface area contributed by atoms with Crippen LogP contribution in [0, 0.1) is 23.1 Å². The summed E-state index contributed by atoms with van der Waals surface area (Å²) in [5.41, 5.74) is 2.96. The molecule has 0 bridgehead atoms. The van der Waals surface area contributed by atoms with Crippen molar-refractivity contribution in [2.24, 2.45) is 5.92 Å². The number of rotatable bonds is 8. The Morgan fingerprint density at radius 1 is 1.24 bits per heavy atom. The Labute approximate surface area is 172 Å². The highest BCUT2D eigenvalue weighted by molar-refractivity contribution is 5.96. The molecule has 3 atom stereocenters. The molecule has 2 aromatic carbocycles. The van der Waals surface area contributed by atoms with Gasteiger partial charge in [0.25, 0.3) is 0 Å². The summed E-state index contributed by atoms with van der Waals surface area (Å²) in [6.07, 6.45) is 5.02. The molecule has 0 N–H and O–H groups in total. The number of carbonyl (C=O) groups is 1. The van der Waals surface area contributed by atoms with E-state index in [2.05, 4.69) is 19.1 Å². The Kier molecular flexibility index (Phi) is 7.04. The second-order valence-corrected chi connectivity index (χ2v) is 8.14. The fourth-order valence-corrected chi connectivity index (χ4v) is 4.47. The van der Waals surface area contributed by atoms with E-state index < -0.39 is 0 Å². The van der Waals surface area contributed by atoms with Crippen molar-refractivity contribution < 1.29 is 13.9 Å². The van der Waals surface area contributed by atoms with Gasteiger partial charge in [-0.1, -0.05) is 31.2 Å². The van der Waals surface area contributed by atoms with Gasteiger partial charge in [0.2, 0.25) is 0 Å². The summed E-state index contributed by atoms with van der Waals surface area (Å²) in [5, 5.41) is 8.62. The molecule has 0 aromatic heterocycles. The maximum Gasteiger partial charge on any atom is 0.163 e. The monoisotopic (exact) mass is 393 g/mol. The van der Waals surface area contributed by atoms with Crippen molar-refractivity contribution in [1.82, 2.24) is 0 Å². The van der Waals surface area contributed by atoms with Crippen molar-refractivity contribution in [3.63, 3.8) is 0 Å². The van der Waals surface area contributed by atoms with Crippen LogP contribution in [0.25, 0.3) is 0 Å². The molecular formula is C25H28FNO2. The number of ketones is 1. The minimum Gasteiger partial charge on any atom is -0.497 e. The van der Waals surface area contributed by atoms with Gasteiger partial charge in [0.1, 0.15) is 11.6 Å². The fraction of sp³-hybridized carbons (Fsp3) is 0.440. The SMILES string of the molecule is COc1cc(F)cc([C@@H](C)CC2CC[C@H](c3ccc(C(=O)CCC#N)cc3)C2)c1. The third-order valence-corrected chi connectivity index (χ3v) is 6.09. The predicted molar refractivity (Wildman–Crippen MR) is 112 cm³/mol. The molecule has 152 valence electrons. The quantitative estimate of drug-likeness (QED) is 0.488. The number of Topliss-reactive ketones (excluding diaryl/α,β-unsaturated/α-hetero) is 1. The van der Waals surface area contributed by atoms with Gasteiger partial charge in [0.15, 0.2) is 5.78 Å². The van der Waals surface area contributed by atoms with Crippen LogP contribution < -0.4 is 4.74 Å². The molecule has 1 unspecified atom stereocenters. The summed E-state index contributed by atoms with van der Waals surface area (Å²) in [5.74, 6) is 1.75. The number of nitrogens with zero attached hydrogens (tertiary/aromatic N) is 1. The van der Waals surface area contributed by atoms with Crippen LogP contribution in [-0.2, 0) is 0 Å². The van der Waals surface area contributed by atoms with Crippen molar-refractivity contribution in [1.29, 1.82) is 5.26 Å². The first kappa shape index (κ1) is 21.0. The van der Waals surface area contributed by atoms with Crippen LogP contribution in [0.2, 0.25) is 0 Å². The van der Waals surface area contributed by atoms with Crippen LogP contribution in [-0.4, -0.2) is 12.9 Å². The second-order valence-electron chi connectivity index (χ2n) is 8.14. The van der Waals surface area contributed by atoms with E-state index >= 15 is 0 Å². The van der Waals surface area contributed by atoms with Gasteiger partial charge in [-0.05, 0) is 66.7 Å². The summed E-state index contributed by atoms with van der Waals surface area (Å²) >= 11 is 0. The molecule has 0 amide bonds. The lowest BCUT2D eigenvalue weighted by atomic mass is 9.87. The zero-order valence-corrected chi connectivity index (χ0v) is 17.2. The molecule has 1 saturated carbocycles. The number of hydrogen-bond acceptors (Lipinski definition) is 3. The van der Waals surface area contributed by atoms with Gasteiger partial charge < -0.3 is 4.74 Å². The van der Waals surface area contributed by atoms with E-state index in [4.69, 9.17) is 10.00 Å². The molecule has 4 heteroatoms. The average Bonchev–Trinajstić information content (AvgIpc) is 3.20. The van der Waals surface area contributed by atoms with Gasteiger partial charge in [-0.3, -0.25) is 4.79 Å². The minimum atomic E-state index is -0.250. The number of halogens is 1. The molecular weight excluding hydrogens is 365 g/mol. The van der Waals surface area contributed by atoms with E-state index in [1.54, 1.807) is 13.2 Å². The van der Waals surface area contributed by atoms with Crippen molar-refractivity contribution in [3.05, 3.63) is 65.0 Å². The maximum absolute atomic E-state index is 13.8. The molecule has 1 fully saturated rings. The topological polar surface area (TPSA) is 50.1 Å². The Morgan fingerprint density at radius 2 is 2.00 bits per heavy atom. The van der Waals surface area contributed by atoms with E-state index in [-0.39, 0.29) is 30.4 Å². The van der Waals surface area contributed by atoms with Gasteiger partial charge in [0, 0.05) is 24.5 Å². The Bertz CT molecular complexity index is 885. The molecule has 0 radical (unpaired) electrons. The molecule has 29 heavy (non-hydrogen) atoms. The molecule has 3 rings (SSSR count). The van der Waals surface area contributed by atoms with Crippen molar-refractivity contribution in [3.8, 4) is 11.8 Å². The van der Waals surface area contributed by atoms with Crippen LogP contribution >= 0.6 is 0 Å². The van der Waals surface area contributed by atoms with Crippen LogP contribution in [0.4, 0.5) is 4.39 Å². The predicted octanol–water partition coefficient (Wildman–Crippen LogP) is 6.40. The third-order valence-electron chi connectivity index (χ3n) is 6.09. The van der Waals surface area contributed by atoms with Crippen LogP contribution in [0.5, 0.6) is 5.75 Å². The van der Waals surface area contributed by atoms with Crippen LogP contribution in [0.15, 0.2) is 42.5 Å². The smallest absolute Gasteiger partial charge is 0.163 e. The lowest BCUT2D eigenvalue weighted by Crippen LogP contribution is -2.04. The number of ether oxygens (including phenoxy) is 1. The van der Waals surface area contributed by atoms with Crippen molar-refractivity contribution in [2.45, 2.75) is 57.3 Å². The third kappa shape index (κ3) is 5.44. The van der Waals surface area contributed by atoms with Gasteiger partial charge in [0.05, 0.1) is 13.2 Å². The lowest BCUT2D eigenvalue weighted by Gasteiger charge is -2.18. The van der Waals surface area contributed by atoms with Crippen LogP contribution in [0.1, 0.15) is 78.8 Å². The minimum absolute atomic E-state index is 0.0294. The van der Waals surface area contributed by atoms with Gasteiger partial charge in [-0.25, -0.2) is 4.39 Å². The molecule has 2 aromatic rings. The van der Waals surface area contributed by atoms with Crippen LogP contribution in [0.3, 0.4) is 0 Å². The van der Waals surface area contributed by atoms with E-state index in [1.807, 2.05) is 24.3 Å². The highest BCUT2D eigenvalue weighted by Gasteiger charge is 2.27. The van der Waals surface area contributed by atoms with E-state index in [0.29, 0.717) is 23.1 Å². The summed E-state index contributed by atoms with van der Waals surface area (Å²) < 4.78 is 19.0. The summed E-state index contributed by atoms with van der Waals surface area (Å²) in [6.45, 7) is 2.16. The normalized spacial score (nSPS) is 19.5. The maximum atomic E-state index is 13.8. The van der Waals surface area contributed by atoms with Gasteiger partial charge in [-0.2, -0.15) is 5.26 Å². The highest BCUT2D eigenvalue weighted by Crippen LogP contribution is 2.42. The number of nitriles is 1. The Balaban J connectivity index is 1.58. The zero-order valence-electron chi connectivity index (χ0n) is 17.2. The standard InChI is InChI=1S/C25H28FNO2/c1-17(22-14-23(26)16-24(15-22)29-2)12-18-5-6-21(13-18)19-7-9-20(10-8-19)25(28)4-3-11-27/h7-10,14-18,21H,3-6,12-13H2,1-2H3/t17-,18?,21-/m0/s1. The molecule has 0 aliphatic heterocycles. The molecule has 1 aliphatic carbocycles. The number of hydrogen-bond donors (Lipinski definition) is 0. The Morgan fingerprint density at radius 3 is 2.69 bits per heavy atom. The largest absolute Gasteiger partial charge is 0.497 e. The second kappa shape index (κ2) is 9.69. The highest BCUT2D eigenvalue weighted by atomic mass is 19.1. The fourth-order valence-electron chi connectivity index (χ4n) is 4.47. The Hall–Kier alpha value is -2.67. The first-order valence-electron chi connectivity index (χ1n) is 10.3. The number of carbonyl (C=O) groups excluding carboxylic acids is 1. The first-order valence-corrected chi connectivity index (χ1v) is 10.3. The lowest BCUT2D eigenvalue weighted by molar-refractivity contribution is 0.0984. The van der Waals surface area contributed by atoms with E-state index in [9.17, 15) is 9.18 Å². The van der Waals surface area contributed by atoms with Gasteiger partial charge in [-0.15, -0.1) is 0 Å². The number of methoxy groups -OCH3 is 1. The van der Waals surface area contributed by atoms with E-state index in [0.717, 1.165) is 24.8 Å². The summed E-state index contributed by atoms with van der Waals surface area (Å²) in [7, 11) is 1.56. The molecule has 0 spiro atoms. The van der Waals surface area contributed by atoms with E-state index in [1.165, 1.54) is 18.1 Å². The average molecular weight is 394 g/mol. The molecule has 0 heterocycles. The van der Waals surface area contributed by atoms with Crippen molar-refractivity contribution >= 4 is 5.78 Å². The molecule has 0 saturated heterocycles. The first-order chi connectivity index (χ1) is 14.0. The zero-order chi connectivity index (χ0) is 20.8. The van der Waals surface area contributed by atoms with Crippen molar-refractivity contribution in [2.75, 3.05) is 7.11 Å². The molecule has 3 nitrogen and oxygen atoms in total. The number of benzene rings is 2. The summed E-state index contributed by atoms with van der Waals surface area (Å²) in [4.78, 5) is 12.0. The molecule has 1 aliphatic rings. The summed E-state index contributed by atoms with van der Waals surface area (Å²) in [6, 6.07) is 14.9.